The number of carbonyl (C=O) groups is 1. The van der Waals surface area contributed by atoms with Gasteiger partial charge in [-0.25, -0.2) is 4.79 Å². The summed E-state index contributed by atoms with van der Waals surface area (Å²) in [6.07, 6.45) is 0.457. The third-order valence-electron chi connectivity index (χ3n) is 3.19. The van der Waals surface area contributed by atoms with Gasteiger partial charge in [-0.2, -0.15) is 0 Å². The van der Waals surface area contributed by atoms with Gasteiger partial charge in [0.1, 0.15) is 11.8 Å². The number of aromatic nitrogens is 1. The maximum atomic E-state index is 11.8. The fourth-order valence-corrected chi connectivity index (χ4v) is 1.85. The zero-order valence-electron chi connectivity index (χ0n) is 12.5. The molecule has 5 heteroatoms. The monoisotopic (exact) mass is 301 g/mol. The predicted molar refractivity (Wildman–Crippen MR) is 81.9 cm³/mol. The molecule has 0 aliphatic carbocycles. The van der Waals surface area contributed by atoms with Crippen LogP contribution in [0.3, 0.4) is 0 Å². The summed E-state index contributed by atoms with van der Waals surface area (Å²) in [7, 11) is 0. The van der Waals surface area contributed by atoms with Crippen LogP contribution in [0.2, 0.25) is 0 Å². The van der Waals surface area contributed by atoms with Crippen molar-refractivity contribution in [3.8, 4) is 11.3 Å². The average molecular weight is 301 g/mol. The van der Waals surface area contributed by atoms with Crippen LogP contribution in [0.1, 0.15) is 31.6 Å². The van der Waals surface area contributed by atoms with Crippen molar-refractivity contribution in [1.29, 1.82) is 0 Å². The van der Waals surface area contributed by atoms with Crippen molar-refractivity contribution in [3.05, 3.63) is 54.2 Å². The van der Waals surface area contributed by atoms with Gasteiger partial charge in [-0.05, 0) is 6.42 Å². The quantitative estimate of drug-likeness (QED) is 0.483. The molecule has 0 radical (unpaired) electrons. The maximum Gasteiger partial charge on any atom is 0.336 e. The summed E-state index contributed by atoms with van der Waals surface area (Å²) >= 11 is 0. The van der Waals surface area contributed by atoms with E-state index in [-0.39, 0.29) is 11.3 Å². The number of carbonyl (C=O) groups excluding carboxylic acids is 1. The number of aliphatic hydroxyl groups excluding tert-OH is 1. The Bertz CT molecular complexity index is 633. The van der Waals surface area contributed by atoms with Crippen LogP contribution in [0, 0.1) is 0 Å². The lowest BCUT2D eigenvalue weighted by Crippen LogP contribution is -2.14. The molecule has 22 heavy (non-hydrogen) atoms. The molecule has 2 aromatic rings. The Balaban J connectivity index is 2.04. The summed E-state index contributed by atoms with van der Waals surface area (Å²) in [6.45, 7) is 5.90. The number of rotatable bonds is 7. The fraction of sp³-hybridized carbons (Fsp3) is 0.294. The Kier molecular flexibility index (Phi) is 5.49. The van der Waals surface area contributed by atoms with Gasteiger partial charge >= 0.3 is 5.97 Å². The molecule has 2 rings (SSSR count). The average Bonchev–Trinajstić information content (AvgIpc) is 3.04. The SMILES string of the molecule is C=C(C(=O)OCCCC)C(O)c1cc(-c2ccccc2)on1. The first-order valence-corrected chi connectivity index (χ1v) is 7.19. The van der Waals surface area contributed by atoms with Gasteiger partial charge in [0.05, 0.1) is 12.2 Å². The Hall–Kier alpha value is -2.40. The van der Waals surface area contributed by atoms with Gasteiger partial charge in [0.15, 0.2) is 5.76 Å². The van der Waals surface area contributed by atoms with Crippen LogP contribution in [-0.4, -0.2) is 22.8 Å². The topological polar surface area (TPSA) is 72.6 Å². The molecular weight excluding hydrogens is 282 g/mol. The minimum Gasteiger partial charge on any atom is -0.462 e. The lowest BCUT2D eigenvalue weighted by Gasteiger charge is -2.10. The van der Waals surface area contributed by atoms with Crippen molar-refractivity contribution in [1.82, 2.24) is 5.16 Å². The number of ether oxygens (including phenoxy) is 1. The fourth-order valence-electron chi connectivity index (χ4n) is 1.85. The number of hydrogen-bond acceptors (Lipinski definition) is 5. The first-order chi connectivity index (χ1) is 10.6. The molecule has 0 saturated heterocycles. The van der Waals surface area contributed by atoms with Crippen molar-refractivity contribution in [2.45, 2.75) is 25.9 Å². The highest BCUT2D eigenvalue weighted by Crippen LogP contribution is 2.26. The summed E-state index contributed by atoms with van der Waals surface area (Å²) < 4.78 is 10.2. The molecule has 1 aromatic heterocycles. The molecule has 0 saturated carbocycles. The minimum atomic E-state index is -1.24. The summed E-state index contributed by atoms with van der Waals surface area (Å²) in [5.41, 5.74) is 1.02. The van der Waals surface area contributed by atoms with Crippen molar-refractivity contribution in [3.63, 3.8) is 0 Å². The molecule has 0 bridgehead atoms. The van der Waals surface area contributed by atoms with E-state index < -0.39 is 12.1 Å². The van der Waals surface area contributed by atoms with Crippen LogP contribution in [-0.2, 0) is 9.53 Å². The number of nitrogens with zero attached hydrogens (tertiary/aromatic N) is 1. The molecule has 0 aliphatic rings. The molecule has 1 atom stereocenters. The Morgan fingerprint density at radius 1 is 1.41 bits per heavy atom. The molecule has 1 N–H and O–H groups in total. The van der Waals surface area contributed by atoms with Gasteiger partial charge in [0.25, 0.3) is 0 Å². The second kappa shape index (κ2) is 7.56. The lowest BCUT2D eigenvalue weighted by molar-refractivity contribution is -0.140. The zero-order valence-corrected chi connectivity index (χ0v) is 12.5. The molecular formula is C17H19NO4. The number of esters is 1. The number of benzene rings is 1. The summed E-state index contributed by atoms with van der Waals surface area (Å²) in [5, 5.41) is 14.0. The number of hydrogen-bond donors (Lipinski definition) is 1. The number of unbranched alkanes of at least 4 members (excludes halogenated alkanes) is 1. The van der Waals surface area contributed by atoms with Gasteiger partial charge in [0, 0.05) is 11.6 Å². The zero-order chi connectivity index (χ0) is 15.9. The molecule has 1 unspecified atom stereocenters. The van der Waals surface area contributed by atoms with Crippen molar-refractivity contribution >= 4 is 5.97 Å². The van der Waals surface area contributed by atoms with E-state index in [9.17, 15) is 9.90 Å². The molecule has 0 aliphatic heterocycles. The van der Waals surface area contributed by atoms with Crippen LogP contribution in [0.4, 0.5) is 0 Å². The normalized spacial score (nSPS) is 11.9. The van der Waals surface area contributed by atoms with E-state index in [1.54, 1.807) is 6.07 Å². The molecule has 0 fully saturated rings. The van der Waals surface area contributed by atoms with Crippen LogP contribution >= 0.6 is 0 Å². The predicted octanol–water partition coefficient (Wildman–Crippen LogP) is 3.27. The third kappa shape index (κ3) is 3.83. The van der Waals surface area contributed by atoms with Crippen LogP contribution in [0.15, 0.2) is 53.1 Å². The summed E-state index contributed by atoms with van der Waals surface area (Å²) in [4.78, 5) is 11.8. The van der Waals surface area contributed by atoms with Crippen LogP contribution in [0.25, 0.3) is 11.3 Å². The Morgan fingerprint density at radius 3 is 2.82 bits per heavy atom. The van der Waals surface area contributed by atoms with E-state index in [4.69, 9.17) is 9.26 Å². The van der Waals surface area contributed by atoms with E-state index in [0.29, 0.717) is 12.4 Å². The van der Waals surface area contributed by atoms with Crippen LogP contribution < -0.4 is 0 Å². The van der Waals surface area contributed by atoms with Gasteiger partial charge in [0.2, 0.25) is 0 Å². The Labute approximate surface area is 129 Å². The smallest absolute Gasteiger partial charge is 0.336 e. The largest absolute Gasteiger partial charge is 0.462 e. The van der Waals surface area contributed by atoms with Crippen LogP contribution in [0.5, 0.6) is 0 Å². The minimum absolute atomic E-state index is 0.0518. The molecule has 116 valence electrons. The van der Waals surface area contributed by atoms with Gasteiger partial charge < -0.3 is 14.4 Å². The highest BCUT2D eigenvalue weighted by atomic mass is 16.5. The van der Waals surface area contributed by atoms with Gasteiger partial charge in [-0.15, -0.1) is 0 Å². The van der Waals surface area contributed by atoms with Crippen molar-refractivity contribution in [2.75, 3.05) is 6.61 Å². The molecule has 0 spiro atoms. The second-order valence-corrected chi connectivity index (χ2v) is 4.90. The molecule has 1 aromatic carbocycles. The van der Waals surface area contributed by atoms with E-state index >= 15 is 0 Å². The van der Waals surface area contributed by atoms with Gasteiger partial charge in [-0.3, -0.25) is 0 Å². The maximum absolute atomic E-state index is 11.8. The number of aliphatic hydroxyl groups is 1. The highest BCUT2D eigenvalue weighted by molar-refractivity contribution is 5.89. The first kappa shape index (κ1) is 16.0. The van der Waals surface area contributed by atoms with Gasteiger partial charge in [-0.1, -0.05) is 55.4 Å². The molecule has 5 nitrogen and oxygen atoms in total. The third-order valence-corrected chi connectivity index (χ3v) is 3.19. The van der Waals surface area contributed by atoms with E-state index in [1.807, 2.05) is 37.3 Å². The van der Waals surface area contributed by atoms with E-state index in [2.05, 4.69) is 11.7 Å². The van der Waals surface area contributed by atoms with E-state index in [1.165, 1.54) is 0 Å². The van der Waals surface area contributed by atoms with Crippen molar-refractivity contribution < 1.29 is 19.2 Å². The molecule has 0 amide bonds. The first-order valence-electron chi connectivity index (χ1n) is 7.19. The standard InChI is InChI=1S/C17H19NO4/c1-3-4-10-21-17(20)12(2)16(19)14-11-15(22-18-14)13-8-6-5-7-9-13/h5-9,11,16,19H,2-4,10H2,1H3. The summed E-state index contributed by atoms with van der Waals surface area (Å²) in [6, 6.07) is 11.0. The molecule has 1 heterocycles. The summed E-state index contributed by atoms with van der Waals surface area (Å²) in [5.74, 6) is -0.105. The highest BCUT2D eigenvalue weighted by Gasteiger charge is 2.23. The second-order valence-electron chi connectivity index (χ2n) is 4.90. The Morgan fingerprint density at radius 2 is 2.14 bits per heavy atom. The van der Waals surface area contributed by atoms with E-state index in [0.717, 1.165) is 18.4 Å². The van der Waals surface area contributed by atoms with Crippen molar-refractivity contribution in [2.24, 2.45) is 0 Å². The lowest BCUT2D eigenvalue weighted by atomic mass is 10.1.